The molecular weight excluding hydrogens is 1440 g/mol. The average Bonchev–Trinajstić information content (AvgIpc) is 1.23. The number of imidazole rings is 4. The summed E-state index contributed by atoms with van der Waals surface area (Å²) in [5.41, 5.74) is 4.26. The predicted octanol–water partition coefficient (Wildman–Crippen LogP) is 5.07. The number of carbonyl (C=O) groups is 11. The van der Waals surface area contributed by atoms with Crippen LogP contribution in [0.2, 0.25) is 0 Å². The smallest absolute Gasteiger partial charge is 0.292 e. The molecule has 572 valence electrons. The van der Waals surface area contributed by atoms with Gasteiger partial charge in [0.05, 0.1) is 22.7 Å². The molecule has 0 saturated heterocycles. The van der Waals surface area contributed by atoms with Crippen molar-refractivity contribution in [2.75, 3.05) is 113 Å². The first-order valence-corrected chi connectivity index (χ1v) is 35.3. The standard InChI is InChI=1S/C70H87Cl2N25O11/c1-88(2)27-13-25-75-64(102)49-31-44(35-90(49)4)77-66(104)51-33-46(37-92(51)6)79-67(105)59-84-54(40-95(59)9)86-69(107)61-82-52(38-93(61)7)80-57(99)16-12-24-74-63(101)48-30-43(34-89(48)3)76-65(103)50-32-45(36-91(50)5)78-68(106)60-85-55(41-96(60)10)87-70(108)62-83-53(39-94(62)8)81-58(100)21-26-73-56(98)15-11-14-42-17-19-47(20-18-42)97(28-22-71)29-23-72/h17-20,30-41H,11-16,21-29H2,1-10H3,(H,73,98)(H,74,101)(H,75,102)(H,76,103)(H,77,104)(H,78,106)(H,79,105)(H,80,99)(H,81,100)(H,86,107)(H,87,108). The predicted molar refractivity (Wildman–Crippen MR) is 407 cm³/mol. The van der Waals surface area contributed by atoms with E-state index >= 15 is 0 Å². The van der Waals surface area contributed by atoms with Crippen molar-refractivity contribution in [2.24, 2.45) is 56.4 Å². The fraction of sp³-hybridized carbons (Fsp3) is 0.357. The van der Waals surface area contributed by atoms with E-state index in [0.717, 1.165) is 24.2 Å². The number of alkyl halides is 2. The van der Waals surface area contributed by atoms with Crippen LogP contribution in [-0.4, -0.2) is 191 Å². The monoisotopic (exact) mass is 1520 g/mol. The maximum Gasteiger partial charge on any atom is 0.292 e. The maximum atomic E-state index is 13.6. The number of carbonyl (C=O) groups excluding carboxylic acids is 11. The molecule has 0 unspecified atom stereocenters. The molecule has 38 heteroatoms. The summed E-state index contributed by atoms with van der Waals surface area (Å²) in [6.07, 6.45) is 14.5. The Balaban J connectivity index is 0.663. The molecule has 9 aromatic rings. The maximum absolute atomic E-state index is 13.6. The molecule has 11 amide bonds. The molecule has 0 fully saturated rings. The summed E-state index contributed by atoms with van der Waals surface area (Å²) in [5, 5.41) is 29.9. The zero-order chi connectivity index (χ0) is 78.0. The van der Waals surface area contributed by atoms with Crippen LogP contribution in [0.3, 0.4) is 0 Å². The van der Waals surface area contributed by atoms with E-state index in [1.165, 1.54) is 87.3 Å². The Kier molecular flexibility index (Phi) is 27.0. The molecule has 11 N–H and O–H groups in total. The Labute approximate surface area is 630 Å². The molecule has 0 aliphatic rings. The fourth-order valence-corrected chi connectivity index (χ4v) is 11.8. The molecule has 0 bridgehead atoms. The lowest BCUT2D eigenvalue weighted by atomic mass is 10.1. The minimum atomic E-state index is -0.695. The van der Waals surface area contributed by atoms with E-state index < -0.39 is 53.2 Å². The van der Waals surface area contributed by atoms with E-state index in [4.69, 9.17) is 23.2 Å². The Morgan fingerprint density at radius 1 is 0.352 bits per heavy atom. The van der Waals surface area contributed by atoms with Gasteiger partial charge in [0.25, 0.3) is 47.3 Å². The summed E-state index contributed by atoms with van der Waals surface area (Å²) < 4.78 is 11.7. The van der Waals surface area contributed by atoms with Crippen molar-refractivity contribution in [3.8, 4) is 0 Å². The van der Waals surface area contributed by atoms with Crippen molar-refractivity contribution in [1.29, 1.82) is 0 Å². The molecule has 36 nitrogen and oxygen atoms in total. The summed E-state index contributed by atoms with van der Waals surface area (Å²) in [4.78, 5) is 166. The molecule has 8 aromatic heterocycles. The first kappa shape index (κ1) is 79.8. The normalized spacial score (nSPS) is 11.1. The number of amides is 11. The highest BCUT2D eigenvalue weighted by Gasteiger charge is 2.26. The second-order valence-corrected chi connectivity index (χ2v) is 26.5. The Hall–Kier alpha value is -12.3. The molecular formula is C70H87Cl2N25O11. The van der Waals surface area contributed by atoms with E-state index in [-0.39, 0.29) is 131 Å². The van der Waals surface area contributed by atoms with Crippen molar-refractivity contribution in [1.82, 2.24) is 77.3 Å². The van der Waals surface area contributed by atoms with Gasteiger partial charge in [-0.05, 0) is 88.3 Å². The van der Waals surface area contributed by atoms with Gasteiger partial charge < -0.3 is 105 Å². The van der Waals surface area contributed by atoms with Crippen LogP contribution in [0.25, 0.3) is 0 Å². The summed E-state index contributed by atoms with van der Waals surface area (Å²) in [6, 6.07) is 14.0. The SMILES string of the molecule is CN(C)CCCNC(=O)c1cc(NC(=O)c2cc(NC(=O)c3nc(NC(=O)c4nc(NC(=O)CCCNC(=O)c5cc(NC(=O)c6cc(NC(=O)c7nc(NC(=O)c8nc(NC(=O)CCNC(=O)CCCc9ccc(N(CCCl)CCCl)cc9)cn8C)cn7C)cn6C)cn5C)cn4C)cn3C)cn2C)cn1C. The molecule has 1 aromatic carbocycles. The van der Waals surface area contributed by atoms with Gasteiger partial charge >= 0.3 is 0 Å². The van der Waals surface area contributed by atoms with Gasteiger partial charge in [0.2, 0.25) is 41.0 Å². The average molecular weight is 1530 g/mol. The first-order chi connectivity index (χ1) is 51.5. The minimum absolute atomic E-state index is 0.0209. The van der Waals surface area contributed by atoms with Gasteiger partial charge in [-0.2, -0.15) is 0 Å². The van der Waals surface area contributed by atoms with Gasteiger partial charge in [-0.15, -0.1) is 23.2 Å². The Bertz CT molecular complexity index is 4810. The van der Waals surface area contributed by atoms with Gasteiger partial charge in [0.1, 0.15) is 22.8 Å². The molecule has 108 heavy (non-hydrogen) atoms. The van der Waals surface area contributed by atoms with Crippen molar-refractivity contribution in [3.63, 3.8) is 0 Å². The number of aromatic nitrogens is 12. The van der Waals surface area contributed by atoms with E-state index in [1.807, 2.05) is 43.3 Å². The quantitative estimate of drug-likeness (QED) is 0.0180. The van der Waals surface area contributed by atoms with E-state index in [2.05, 4.69) is 83.3 Å². The van der Waals surface area contributed by atoms with E-state index in [1.54, 1.807) is 79.4 Å². The van der Waals surface area contributed by atoms with Crippen LogP contribution in [0.4, 0.5) is 51.7 Å². The van der Waals surface area contributed by atoms with Crippen LogP contribution in [0, 0.1) is 0 Å². The van der Waals surface area contributed by atoms with Crippen molar-refractivity contribution in [3.05, 3.63) is 150 Å². The first-order valence-electron chi connectivity index (χ1n) is 34.2. The Morgan fingerprint density at radius 3 is 1.08 bits per heavy atom. The highest BCUT2D eigenvalue weighted by atomic mass is 35.5. The third-order valence-corrected chi connectivity index (χ3v) is 17.1. The van der Waals surface area contributed by atoms with Crippen LogP contribution in [0.5, 0.6) is 0 Å². The summed E-state index contributed by atoms with van der Waals surface area (Å²) in [6.45, 7) is 2.88. The topological polar surface area (TPSA) is 418 Å². The number of nitrogens with zero attached hydrogens (tertiary/aromatic N) is 14. The Morgan fingerprint density at radius 2 is 0.694 bits per heavy atom. The number of anilines is 9. The largest absolute Gasteiger partial charge is 0.369 e. The lowest BCUT2D eigenvalue weighted by Crippen LogP contribution is -2.28. The zero-order valence-corrected chi connectivity index (χ0v) is 62.9. The van der Waals surface area contributed by atoms with Crippen LogP contribution >= 0.6 is 23.2 Å². The highest BCUT2D eigenvalue weighted by Crippen LogP contribution is 2.24. The third kappa shape index (κ3) is 21.5. The van der Waals surface area contributed by atoms with Gasteiger partial charge in [-0.25, -0.2) is 19.9 Å². The van der Waals surface area contributed by atoms with Crippen LogP contribution in [0.15, 0.2) is 98.1 Å². The number of benzene rings is 1. The molecule has 0 radical (unpaired) electrons. The number of nitrogens with one attached hydrogen (secondary N) is 11. The molecule has 8 heterocycles. The van der Waals surface area contributed by atoms with Gasteiger partial charge in [-0.1, -0.05) is 12.1 Å². The van der Waals surface area contributed by atoms with Gasteiger partial charge in [0.15, 0.2) is 23.3 Å². The number of rotatable bonds is 36. The van der Waals surface area contributed by atoms with Gasteiger partial charge in [0, 0.05) is 175 Å². The number of aryl methyl sites for hydroxylation is 9. The zero-order valence-electron chi connectivity index (χ0n) is 61.4. The highest BCUT2D eigenvalue weighted by molar-refractivity contribution is 6.19. The number of hydrogen-bond acceptors (Lipinski definition) is 17. The lowest BCUT2D eigenvalue weighted by molar-refractivity contribution is -0.121. The van der Waals surface area contributed by atoms with Crippen molar-refractivity contribution >= 4 is 140 Å². The summed E-state index contributed by atoms with van der Waals surface area (Å²) in [7, 11) is 16.7. The van der Waals surface area contributed by atoms with Crippen LogP contribution < -0.4 is 63.4 Å². The van der Waals surface area contributed by atoms with E-state index in [9.17, 15) is 52.7 Å². The molecule has 0 atom stereocenters. The molecule has 0 spiro atoms. The van der Waals surface area contributed by atoms with Crippen molar-refractivity contribution < 1.29 is 52.7 Å². The second-order valence-electron chi connectivity index (χ2n) is 25.7. The summed E-state index contributed by atoms with van der Waals surface area (Å²) >= 11 is 11.9. The molecule has 0 saturated carbocycles. The molecule has 9 rings (SSSR count). The number of hydrogen-bond donors (Lipinski definition) is 11. The minimum Gasteiger partial charge on any atom is -0.369 e. The fourth-order valence-electron chi connectivity index (χ4n) is 11.4. The van der Waals surface area contributed by atoms with Crippen LogP contribution in [0.1, 0.15) is 129 Å². The summed E-state index contributed by atoms with van der Waals surface area (Å²) in [5.74, 6) is -4.68. The second kappa shape index (κ2) is 36.6. The van der Waals surface area contributed by atoms with E-state index in [0.29, 0.717) is 55.6 Å². The molecule has 0 aliphatic heterocycles. The molecule has 0 aliphatic carbocycles. The van der Waals surface area contributed by atoms with Gasteiger partial charge in [-0.3, -0.25) is 52.7 Å². The van der Waals surface area contributed by atoms with Crippen LogP contribution in [-0.2, 0) is 77.2 Å². The third-order valence-electron chi connectivity index (χ3n) is 16.8. The van der Waals surface area contributed by atoms with Crippen molar-refractivity contribution in [2.45, 2.75) is 44.9 Å². The lowest BCUT2D eigenvalue weighted by Gasteiger charge is -2.23. The number of halogens is 2.